The van der Waals surface area contributed by atoms with Crippen molar-refractivity contribution in [2.24, 2.45) is 0 Å². The van der Waals surface area contributed by atoms with Gasteiger partial charge in [0.05, 0.1) is 5.56 Å². The van der Waals surface area contributed by atoms with Crippen LogP contribution in [-0.2, 0) is 0 Å². The van der Waals surface area contributed by atoms with Crippen molar-refractivity contribution in [1.29, 1.82) is 0 Å². The van der Waals surface area contributed by atoms with E-state index >= 15 is 0 Å². The number of carbonyl (C=O) groups is 2. The normalized spacial score (nSPS) is 9.77. The Morgan fingerprint density at radius 2 is 2.15 bits per heavy atom. The SMILES string of the molecule is CC(=O)c1cc(C=O)c(F)cc1I. The van der Waals surface area contributed by atoms with Crippen molar-refractivity contribution in [3.8, 4) is 0 Å². The second kappa shape index (κ2) is 3.95. The zero-order chi connectivity index (χ0) is 10.0. The molecule has 1 aromatic carbocycles. The first-order valence-electron chi connectivity index (χ1n) is 3.51. The maximum absolute atomic E-state index is 12.9. The van der Waals surface area contributed by atoms with E-state index in [-0.39, 0.29) is 11.3 Å². The molecule has 0 fully saturated rings. The van der Waals surface area contributed by atoms with Gasteiger partial charge in [-0.15, -0.1) is 0 Å². The van der Waals surface area contributed by atoms with Crippen LogP contribution in [0.5, 0.6) is 0 Å². The van der Waals surface area contributed by atoms with Gasteiger partial charge in [0.2, 0.25) is 0 Å². The van der Waals surface area contributed by atoms with Crippen molar-refractivity contribution in [2.75, 3.05) is 0 Å². The van der Waals surface area contributed by atoms with Crippen LogP contribution in [0, 0.1) is 9.39 Å². The summed E-state index contributed by atoms with van der Waals surface area (Å²) >= 11 is 1.86. The number of rotatable bonds is 2. The van der Waals surface area contributed by atoms with Crippen LogP contribution >= 0.6 is 22.6 Å². The summed E-state index contributed by atoms with van der Waals surface area (Å²) in [5, 5.41) is 0. The van der Waals surface area contributed by atoms with Crippen LogP contribution in [0.3, 0.4) is 0 Å². The van der Waals surface area contributed by atoms with E-state index in [1.807, 2.05) is 22.6 Å². The van der Waals surface area contributed by atoms with E-state index in [2.05, 4.69) is 0 Å². The van der Waals surface area contributed by atoms with Crippen LogP contribution in [0.4, 0.5) is 4.39 Å². The van der Waals surface area contributed by atoms with Gasteiger partial charge in [-0.1, -0.05) is 0 Å². The molecule has 1 rings (SSSR count). The van der Waals surface area contributed by atoms with E-state index in [1.54, 1.807) is 0 Å². The van der Waals surface area contributed by atoms with Gasteiger partial charge in [-0.3, -0.25) is 9.59 Å². The van der Waals surface area contributed by atoms with E-state index in [4.69, 9.17) is 0 Å². The van der Waals surface area contributed by atoms with Crippen molar-refractivity contribution in [2.45, 2.75) is 6.92 Å². The first kappa shape index (κ1) is 10.3. The van der Waals surface area contributed by atoms with Crippen LogP contribution in [0.1, 0.15) is 27.6 Å². The number of hydrogen-bond acceptors (Lipinski definition) is 2. The van der Waals surface area contributed by atoms with Crippen molar-refractivity contribution in [3.05, 3.63) is 32.6 Å². The summed E-state index contributed by atoms with van der Waals surface area (Å²) in [5.74, 6) is -0.767. The smallest absolute Gasteiger partial charge is 0.160 e. The van der Waals surface area contributed by atoms with Crippen molar-refractivity contribution < 1.29 is 14.0 Å². The van der Waals surface area contributed by atoms with Crippen LogP contribution in [0.2, 0.25) is 0 Å². The van der Waals surface area contributed by atoms with Crippen LogP contribution in [0.15, 0.2) is 12.1 Å². The van der Waals surface area contributed by atoms with E-state index in [9.17, 15) is 14.0 Å². The number of hydrogen-bond donors (Lipinski definition) is 0. The standard InChI is InChI=1S/C9H6FIO2/c1-5(13)7-2-6(4-12)8(10)3-9(7)11/h2-4H,1H3. The zero-order valence-corrected chi connectivity index (χ0v) is 8.96. The number of carbonyl (C=O) groups excluding carboxylic acids is 2. The van der Waals surface area contributed by atoms with Crippen molar-refractivity contribution in [3.63, 3.8) is 0 Å². The Bertz CT molecular complexity index is 374. The summed E-state index contributed by atoms with van der Waals surface area (Å²) in [6, 6.07) is 2.45. The third-order valence-electron chi connectivity index (χ3n) is 1.59. The van der Waals surface area contributed by atoms with Gasteiger partial charge < -0.3 is 0 Å². The van der Waals surface area contributed by atoms with Crippen molar-refractivity contribution in [1.82, 2.24) is 0 Å². The molecule has 0 saturated carbocycles. The molecular formula is C9H6FIO2. The first-order chi connectivity index (χ1) is 6.06. The maximum atomic E-state index is 12.9. The second-order valence-electron chi connectivity index (χ2n) is 2.53. The molecule has 0 aliphatic rings. The minimum atomic E-state index is -0.593. The van der Waals surface area contributed by atoms with Gasteiger partial charge in [-0.2, -0.15) is 0 Å². The van der Waals surface area contributed by atoms with Crippen molar-refractivity contribution >= 4 is 34.7 Å². The minimum Gasteiger partial charge on any atom is -0.298 e. The molecule has 0 N–H and O–H groups in total. The molecule has 68 valence electrons. The molecule has 4 heteroatoms. The summed E-state index contributed by atoms with van der Waals surface area (Å²) in [6.07, 6.45) is 0.401. The fraction of sp³-hybridized carbons (Fsp3) is 0.111. The minimum absolute atomic E-state index is 0.0781. The molecule has 0 heterocycles. The average Bonchev–Trinajstić information content (AvgIpc) is 2.03. The van der Waals surface area contributed by atoms with Gasteiger partial charge in [0.15, 0.2) is 12.1 Å². The fourth-order valence-corrected chi connectivity index (χ4v) is 1.73. The van der Waals surface area contributed by atoms with Gasteiger partial charge in [-0.05, 0) is 41.6 Å². The topological polar surface area (TPSA) is 34.1 Å². The van der Waals surface area contributed by atoms with E-state index < -0.39 is 5.82 Å². The lowest BCUT2D eigenvalue weighted by Crippen LogP contribution is -2.00. The predicted octanol–water partition coefficient (Wildman–Crippen LogP) is 2.45. The number of halogens is 2. The highest BCUT2D eigenvalue weighted by atomic mass is 127. The van der Waals surface area contributed by atoms with Crippen LogP contribution < -0.4 is 0 Å². The van der Waals surface area contributed by atoms with Crippen LogP contribution in [0.25, 0.3) is 0 Å². The molecule has 0 amide bonds. The van der Waals surface area contributed by atoms with Gasteiger partial charge in [-0.25, -0.2) is 4.39 Å². The third kappa shape index (κ3) is 2.12. The number of Topliss-reactive ketones (excluding diaryl/α,β-unsaturated/α-hetero) is 1. The molecule has 0 atom stereocenters. The molecule has 1 aromatic rings. The zero-order valence-electron chi connectivity index (χ0n) is 6.80. The Morgan fingerprint density at radius 3 is 2.62 bits per heavy atom. The molecule has 2 nitrogen and oxygen atoms in total. The molecule has 13 heavy (non-hydrogen) atoms. The highest BCUT2D eigenvalue weighted by Gasteiger charge is 2.10. The summed E-state index contributed by atoms with van der Waals surface area (Å²) in [6.45, 7) is 1.38. The molecule has 0 unspecified atom stereocenters. The van der Waals surface area contributed by atoms with Gasteiger partial charge in [0.25, 0.3) is 0 Å². The first-order valence-corrected chi connectivity index (χ1v) is 4.59. The Kier molecular flexibility index (Phi) is 3.13. The summed E-state index contributed by atoms with van der Waals surface area (Å²) in [4.78, 5) is 21.4. The Labute approximate surface area is 88.3 Å². The lowest BCUT2D eigenvalue weighted by atomic mass is 10.1. The maximum Gasteiger partial charge on any atom is 0.160 e. The van der Waals surface area contributed by atoms with E-state index in [1.165, 1.54) is 19.1 Å². The highest BCUT2D eigenvalue weighted by Crippen LogP contribution is 2.17. The van der Waals surface area contributed by atoms with Gasteiger partial charge in [0, 0.05) is 9.13 Å². The quantitative estimate of drug-likeness (QED) is 0.476. The summed E-state index contributed by atoms with van der Waals surface area (Å²) in [5.41, 5.74) is 0.301. The highest BCUT2D eigenvalue weighted by molar-refractivity contribution is 14.1. The molecule has 0 spiro atoms. The Morgan fingerprint density at radius 1 is 1.54 bits per heavy atom. The second-order valence-corrected chi connectivity index (χ2v) is 3.69. The summed E-state index contributed by atoms with van der Waals surface area (Å²) in [7, 11) is 0. The van der Waals surface area contributed by atoms with E-state index in [0.717, 1.165) is 0 Å². The number of benzene rings is 1. The Hall–Kier alpha value is -0.780. The molecule has 0 aliphatic heterocycles. The molecule has 0 aromatic heterocycles. The average molecular weight is 292 g/mol. The molecule has 0 saturated heterocycles. The largest absolute Gasteiger partial charge is 0.298 e. The predicted molar refractivity (Wildman–Crippen MR) is 54.5 cm³/mol. The molecular weight excluding hydrogens is 286 g/mol. The molecule has 0 aliphatic carbocycles. The monoisotopic (exact) mass is 292 g/mol. The van der Waals surface area contributed by atoms with E-state index in [0.29, 0.717) is 15.4 Å². The lowest BCUT2D eigenvalue weighted by molar-refractivity contribution is 0.101. The Balaban J connectivity index is 3.38. The summed E-state index contributed by atoms with van der Waals surface area (Å²) < 4.78 is 13.5. The van der Waals surface area contributed by atoms with Gasteiger partial charge >= 0.3 is 0 Å². The molecule has 0 bridgehead atoms. The third-order valence-corrected chi connectivity index (χ3v) is 2.49. The number of ketones is 1. The number of aldehydes is 1. The van der Waals surface area contributed by atoms with Gasteiger partial charge in [0.1, 0.15) is 5.82 Å². The van der Waals surface area contributed by atoms with Crippen LogP contribution in [-0.4, -0.2) is 12.1 Å². The lowest BCUT2D eigenvalue weighted by Gasteiger charge is -2.01. The molecule has 0 radical (unpaired) electrons. The fourth-order valence-electron chi connectivity index (χ4n) is 0.926.